The predicted octanol–water partition coefficient (Wildman–Crippen LogP) is 3.95. The van der Waals surface area contributed by atoms with Gasteiger partial charge in [0.05, 0.1) is 0 Å². The molecule has 0 heterocycles. The Labute approximate surface area is 137 Å². The van der Waals surface area contributed by atoms with Crippen LogP contribution in [0.15, 0.2) is 40.9 Å². The van der Waals surface area contributed by atoms with Crippen molar-refractivity contribution in [1.29, 1.82) is 5.41 Å². The fraction of sp³-hybridized carbons (Fsp3) is 0.176. The number of carbonyl (C=O) groups is 1. The highest BCUT2D eigenvalue weighted by Crippen LogP contribution is 2.24. The van der Waals surface area contributed by atoms with Gasteiger partial charge in [0.1, 0.15) is 11.7 Å². The van der Waals surface area contributed by atoms with E-state index in [0.29, 0.717) is 12.0 Å². The molecule has 0 aromatic heterocycles. The molecule has 22 heavy (non-hydrogen) atoms. The largest absolute Gasteiger partial charge is 0.311 e. The van der Waals surface area contributed by atoms with Gasteiger partial charge in [-0.15, -0.1) is 0 Å². The molecule has 0 radical (unpaired) electrons. The van der Waals surface area contributed by atoms with E-state index in [-0.39, 0.29) is 17.6 Å². The lowest BCUT2D eigenvalue weighted by atomic mass is 9.99. The van der Waals surface area contributed by atoms with Gasteiger partial charge in [-0.3, -0.25) is 10.2 Å². The maximum Gasteiger partial charge on any atom is 0.222 e. The summed E-state index contributed by atoms with van der Waals surface area (Å²) in [6.07, 6.45) is 0.541. The van der Waals surface area contributed by atoms with Crippen LogP contribution in [0, 0.1) is 18.2 Å². The van der Waals surface area contributed by atoms with Gasteiger partial charge < -0.3 is 5.32 Å². The molecule has 0 aliphatic rings. The Kier molecular flexibility index (Phi) is 5.08. The third-order valence-corrected chi connectivity index (χ3v) is 3.99. The number of hydrogen-bond acceptors (Lipinski definition) is 2. The predicted molar refractivity (Wildman–Crippen MR) is 88.7 cm³/mol. The zero-order valence-electron chi connectivity index (χ0n) is 12.3. The Bertz CT molecular complexity index is 743. The summed E-state index contributed by atoms with van der Waals surface area (Å²) in [6, 6.07) is 10.2. The molecule has 2 aromatic carbocycles. The van der Waals surface area contributed by atoms with E-state index in [1.54, 1.807) is 6.07 Å². The smallest absolute Gasteiger partial charge is 0.222 e. The van der Waals surface area contributed by atoms with Crippen LogP contribution in [0.4, 0.5) is 4.39 Å². The highest BCUT2D eigenvalue weighted by atomic mass is 79.9. The molecule has 0 unspecified atom stereocenters. The Balaban J connectivity index is 2.36. The quantitative estimate of drug-likeness (QED) is 0.630. The maximum absolute atomic E-state index is 13.3. The van der Waals surface area contributed by atoms with Crippen molar-refractivity contribution in [3.8, 4) is 0 Å². The molecule has 0 spiro atoms. The maximum atomic E-state index is 13.3. The summed E-state index contributed by atoms with van der Waals surface area (Å²) in [4.78, 5) is 11.1. The van der Waals surface area contributed by atoms with Gasteiger partial charge >= 0.3 is 0 Å². The first-order valence-corrected chi connectivity index (χ1v) is 7.56. The first kappa shape index (κ1) is 16.4. The second-order valence-electron chi connectivity index (χ2n) is 5.12. The molecule has 5 heteroatoms. The van der Waals surface area contributed by atoms with Gasteiger partial charge in [-0.05, 0) is 54.3 Å². The summed E-state index contributed by atoms with van der Waals surface area (Å²) >= 11 is 3.51. The van der Waals surface area contributed by atoms with Gasteiger partial charge in [-0.25, -0.2) is 4.39 Å². The van der Waals surface area contributed by atoms with Crippen molar-refractivity contribution in [2.45, 2.75) is 20.3 Å². The third-order valence-electron chi connectivity index (χ3n) is 3.25. The number of benzene rings is 2. The van der Waals surface area contributed by atoms with Crippen LogP contribution >= 0.6 is 15.9 Å². The Morgan fingerprint density at radius 2 is 2.05 bits per heavy atom. The third kappa shape index (κ3) is 4.01. The SMILES string of the molecule is CC(=O)NC(=N)c1cc(Cc2cccc(F)c2)c(Br)cc1C. The number of amidine groups is 1. The molecule has 0 saturated carbocycles. The van der Waals surface area contributed by atoms with E-state index in [9.17, 15) is 9.18 Å². The average molecular weight is 363 g/mol. The Morgan fingerprint density at radius 1 is 1.32 bits per heavy atom. The highest BCUT2D eigenvalue weighted by molar-refractivity contribution is 9.10. The van der Waals surface area contributed by atoms with Crippen molar-refractivity contribution in [1.82, 2.24) is 5.32 Å². The molecule has 2 aromatic rings. The van der Waals surface area contributed by atoms with E-state index < -0.39 is 0 Å². The lowest BCUT2D eigenvalue weighted by molar-refractivity contribution is -0.117. The number of carbonyl (C=O) groups excluding carboxylic acids is 1. The average Bonchev–Trinajstić information content (AvgIpc) is 2.41. The molecule has 2 rings (SSSR count). The van der Waals surface area contributed by atoms with E-state index >= 15 is 0 Å². The normalized spacial score (nSPS) is 10.4. The van der Waals surface area contributed by atoms with Gasteiger partial charge in [-0.2, -0.15) is 0 Å². The van der Waals surface area contributed by atoms with E-state index in [4.69, 9.17) is 5.41 Å². The standard InChI is InChI=1S/C17H16BrFN2O/c1-10-6-16(18)13(7-12-4-3-5-14(19)8-12)9-15(10)17(20)21-11(2)22/h3-6,8-9H,7H2,1-2H3,(H2,20,21,22). The second kappa shape index (κ2) is 6.83. The van der Waals surface area contributed by atoms with Crippen LogP contribution < -0.4 is 5.32 Å². The first-order chi connectivity index (χ1) is 10.4. The van der Waals surface area contributed by atoms with Gasteiger partial charge in [0, 0.05) is 17.0 Å². The van der Waals surface area contributed by atoms with Crippen LogP contribution in [0.3, 0.4) is 0 Å². The molecule has 0 saturated heterocycles. The minimum absolute atomic E-state index is 0.0676. The zero-order chi connectivity index (χ0) is 16.3. The second-order valence-corrected chi connectivity index (χ2v) is 5.98. The van der Waals surface area contributed by atoms with Crippen LogP contribution in [-0.2, 0) is 11.2 Å². The monoisotopic (exact) mass is 362 g/mol. The van der Waals surface area contributed by atoms with Crippen molar-refractivity contribution in [3.63, 3.8) is 0 Å². The van der Waals surface area contributed by atoms with Crippen LogP contribution in [0.1, 0.15) is 29.2 Å². The molecular formula is C17H16BrFN2O. The van der Waals surface area contributed by atoms with Gasteiger partial charge in [0.25, 0.3) is 0 Å². The van der Waals surface area contributed by atoms with Crippen molar-refractivity contribution >= 4 is 27.7 Å². The van der Waals surface area contributed by atoms with Gasteiger partial charge in [0.15, 0.2) is 0 Å². The molecule has 0 aliphatic heterocycles. The lowest BCUT2D eigenvalue weighted by Crippen LogP contribution is -2.28. The molecule has 0 atom stereocenters. The van der Waals surface area contributed by atoms with Crippen LogP contribution in [0.2, 0.25) is 0 Å². The molecule has 2 N–H and O–H groups in total. The van der Waals surface area contributed by atoms with Crippen molar-refractivity contribution in [2.75, 3.05) is 0 Å². The van der Waals surface area contributed by atoms with Gasteiger partial charge in [-0.1, -0.05) is 28.1 Å². The zero-order valence-corrected chi connectivity index (χ0v) is 13.9. The van der Waals surface area contributed by atoms with E-state index in [1.807, 2.05) is 25.1 Å². The lowest BCUT2D eigenvalue weighted by Gasteiger charge is -2.13. The summed E-state index contributed by atoms with van der Waals surface area (Å²) in [5, 5.41) is 10.5. The summed E-state index contributed by atoms with van der Waals surface area (Å²) < 4.78 is 14.2. The topological polar surface area (TPSA) is 53.0 Å². The minimum Gasteiger partial charge on any atom is -0.311 e. The molecule has 1 amide bonds. The van der Waals surface area contributed by atoms with E-state index in [0.717, 1.165) is 21.2 Å². The minimum atomic E-state index is -0.279. The summed E-state index contributed by atoms with van der Waals surface area (Å²) in [7, 11) is 0. The Morgan fingerprint density at radius 3 is 2.68 bits per heavy atom. The van der Waals surface area contributed by atoms with Crippen molar-refractivity contribution in [3.05, 3.63) is 68.9 Å². The number of hydrogen-bond donors (Lipinski definition) is 2. The molecule has 114 valence electrons. The number of halogens is 2. The molecular weight excluding hydrogens is 347 g/mol. The van der Waals surface area contributed by atoms with Gasteiger partial charge in [0.2, 0.25) is 5.91 Å². The van der Waals surface area contributed by atoms with E-state index in [2.05, 4.69) is 21.2 Å². The molecule has 0 fully saturated rings. The fourth-order valence-corrected chi connectivity index (χ4v) is 2.83. The van der Waals surface area contributed by atoms with Crippen molar-refractivity contribution in [2.24, 2.45) is 0 Å². The van der Waals surface area contributed by atoms with Crippen molar-refractivity contribution < 1.29 is 9.18 Å². The summed E-state index contributed by atoms with van der Waals surface area (Å²) in [5.74, 6) is -0.482. The summed E-state index contributed by atoms with van der Waals surface area (Å²) in [5.41, 5.74) is 3.32. The highest BCUT2D eigenvalue weighted by Gasteiger charge is 2.11. The molecule has 0 bridgehead atoms. The summed E-state index contributed by atoms with van der Waals surface area (Å²) in [6.45, 7) is 3.25. The van der Waals surface area contributed by atoms with E-state index in [1.165, 1.54) is 19.1 Å². The molecule has 3 nitrogen and oxygen atoms in total. The fourth-order valence-electron chi connectivity index (χ4n) is 2.23. The number of rotatable bonds is 3. The molecule has 0 aliphatic carbocycles. The number of aryl methyl sites for hydroxylation is 1. The first-order valence-electron chi connectivity index (χ1n) is 6.77. The Hall–Kier alpha value is -2.01. The number of amides is 1. The van der Waals surface area contributed by atoms with Crippen LogP contribution in [0.25, 0.3) is 0 Å². The van der Waals surface area contributed by atoms with Crippen LogP contribution in [-0.4, -0.2) is 11.7 Å². The number of nitrogens with one attached hydrogen (secondary N) is 2. The van der Waals surface area contributed by atoms with Crippen LogP contribution in [0.5, 0.6) is 0 Å².